The van der Waals surface area contributed by atoms with E-state index in [-0.39, 0.29) is 17.9 Å². The molecule has 2 fully saturated rings. The maximum absolute atomic E-state index is 13.3. The number of carbonyl (C=O) groups excluding carboxylic acids is 1. The quantitative estimate of drug-likeness (QED) is 0.371. The van der Waals surface area contributed by atoms with E-state index >= 15 is 0 Å². The zero-order chi connectivity index (χ0) is 26.5. The summed E-state index contributed by atoms with van der Waals surface area (Å²) in [7, 11) is 1.44. The Labute approximate surface area is 232 Å². The summed E-state index contributed by atoms with van der Waals surface area (Å²) in [6.07, 6.45) is 1.77. The summed E-state index contributed by atoms with van der Waals surface area (Å²) in [6.45, 7) is 4.38. The van der Waals surface area contributed by atoms with Crippen molar-refractivity contribution < 1.29 is 24.1 Å². The van der Waals surface area contributed by atoms with Gasteiger partial charge in [0.15, 0.2) is 5.79 Å². The summed E-state index contributed by atoms with van der Waals surface area (Å²) in [5, 5.41) is 16.0. The summed E-state index contributed by atoms with van der Waals surface area (Å²) >= 11 is 3.58. The molecule has 2 N–H and O–H groups in total. The van der Waals surface area contributed by atoms with E-state index in [1.54, 1.807) is 0 Å². The number of anilines is 1. The molecule has 3 heterocycles. The molecule has 4 atom stereocenters. The number of likely N-dealkylation sites (tertiary alicyclic amines) is 1. The van der Waals surface area contributed by atoms with Crippen LogP contribution in [0.2, 0.25) is 0 Å². The lowest BCUT2D eigenvalue weighted by Crippen LogP contribution is -2.59. The third kappa shape index (κ3) is 3.87. The minimum atomic E-state index is -1.29. The first-order valence-corrected chi connectivity index (χ1v) is 14.5. The Hall–Kier alpha value is -2.23. The second-order valence-corrected chi connectivity index (χ2v) is 11.7. The summed E-state index contributed by atoms with van der Waals surface area (Å²) < 4.78 is 17.3. The maximum Gasteiger partial charge on any atom is 0.335 e. The molecule has 0 radical (unpaired) electrons. The van der Waals surface area contributed by atoms with Crippen molar-refractivity contribution in [3.63, 3.8) is 0 Å². The number of alkyl halides is 1. The number of nitrogens with zero attached hydrogens (tertiary/aromatic N) is 1. The molecule has 3 aliphatic heterocycles. The number of ether oxygens (including phenoxy) is 3. The summed E-state index contributed by atoms with van der Waals surface area (Å²) in [5.74, 6) is -1.50. The van der Waals surface area contributed by atoms with Crippen molar-refractivity contribution in [2.24, 2.45) is 5.92 Å². The van der Waals surface area contributed by atoms with Gasteiger partial charge in [-0.05, 0) is 49.3 Å². The third-order valence-electron chi connectivity index (χ3n) is 9.18. The molecule has 0 unspecified atom stereocenters. The smallest absolute Gasteiger partial charge is 0.335 e. The number of esters is 1. The molecule has 2 aromatic rings. The van der Waals surface area contributed by atoms with Crippen LogP contribution in [0, 0.1) is 5.92 Å². The number of fused-ring (bicyclic) bond motifs is 1. The van der Waals surface area contributed by atoms with E-state index in [4.69, 9.17) is 14.2 Å². The van der Waals surface area contributed by atoms with Gasteiger partial charge in [0.05, 0.1) is 31.3 Å². The lowest BCUT2D eigenvalue weighted by Gasteiger charge is -2.49. The average molecular weight is 584 g/mol. The van der Waals surface area contributed by atoms with Crippen LogP contribution in [0.4, 0.5) is 5.69 Å². The Balaban J connectivity index is 1.49. The van der Waals surface area contributed by atoms with Gasteiger partial charge in [-0.25, -0.2) is 4.79 Å². The van der Waals surface area contributed by atoms with Crippen LogP contribution in [0.1, 0.15) is 37.3 Å². The number of para-hydroxylation sites is 1. The van der Waals surface area contributed by atoms with Crippen LogP contribution in [0.25, 0.3) is 0 Å². The fourth-order valence-electron chi connectivity index (χ4n) is 7.43. The van der Waals surface area contributed by atoms with Gasteiger partial charge in [-0.1, -0.05) is 64.5 Å². The highest BCUT2D eigenvalue weighted by atomic mass is 79.9. The predicted octanol–water partition coefficient (Wildman–Crippen LogP) is 4.35. The molecule has 2 aromatic carbocycles. The third-order valence-corrected chi connectivity index (χ3v) is 10.1. The van der Waals surface area contributed by atoms with Crippen molar-refractivity contribution in [2.75, 3.05) is 37.5 Å². The van der Waals surface area contributed by atoms with Crippen molar-refractivity contribution in [3.05, 3.63) is 77.0 Å². The molecule has 0 saturated carbocycles. The normalized spacial score (nSPS) is 29.3. The highest BCUT2D eigenvalue weighted by Crippen LogP contribution is 2.60. The molecular formula is C30H35BrN2O5. The molecule has 1 aliphatic carbocycles. The van der Waals surface area contributed by atoms with E-state index < -0.39 is 16.8 Å². The molecular weight excluding hydrogens is 548 g/mol. The molecule has 2 saturated heterocycles. The fourth-order valence-corrected chi connectivity index (χ4v) is 8.17. The molecule has 1 spiro atoms. The molecule has 0 aromatic heterocycles. The molecule has 0 bridgehead atoms. The Kier molecular flexibility index (Phi) is 6.68. The lowest BCUT2D eigenvalue weighted by atomic mass is 9.61. The van der Waals surface area contributed by atoms with E-state index in [9.17, 15) is 9.90 Å². The highest BCUT2D eigenvalue weighted by Gasteiger charge is 2.63. The van der Waals surface area contributed by atoms with Gasteiger partial charge in [-0.2, -0.15) is 0 Å². The van der Waals surface area contributed by atoms with Gasteiger partial charge in [-0.3, -0.25) is 4.90 Å². The monoisotopic (exact) mass is 582 g/mol. The highest BCUT2D eigenvalue weighted by molar-refractivity contribution is 9.09. The van der Waals surface area contributed by atoms with E-state index in [0.29, 0.717) is 37.0 Å². The average Bonchev–Trinajstić information content (AvgIpc) is 3.65. The molecule has 0 amide bonds. The van der Waals surface area contributed by atoms with Crippen molar-refractivity contribution >= 4 is 27.6 Å². The van der Waals surface area contributed by atoms with E-state index in [0.717, 1.165) is 30.9 Å². The number of methoxy groups -OCH3 is 1. The molecule has 6 rings (SSSR count). The van der Waals surface area contributed by atoms with E-state index in [2.05, 4.69) is 68.6 Å². The van der Waals surface area contributed by atoms with Crippen LogP contribution in [-0.2, 0) is 31.0 Å². The SMILES string of the molecule is COC(=O)C1=C2Nc3ccccc3[C@]23CCN(Cc2ccccc2)[C@H]3[C@H](C[C@@](O)(CBr)C2(C)OCCO2)C1. The Morgan fingerprint density at radius 2 is 1.89 bits per heavy atom. The molecule has 4 aliphatic rings. The zero-order valence-electron chi connectivity index (χ0n) is 21.9. The number of carbonyl (C=O) groups is 1. The van der Waals surface area contributed by atoms with Gasteiger partial charge in [0.2, 0.25) is 0 Å². The van der Waals surface area contributed by atoms with Crippen molar-refractivity contribution in [3.8, 4) is 0 Å². The molecule has 8 heteroatoms. The molecule has 202 valence electrons. The number of nitrogens with one attached hydrogen (secondary N) is 1. The topological polar surface area (TPSA) is 80.3 Å². The van der Waals surface area contributed by atoms with Crippen molar-refractivity contribution in [1.82, 2.24) is 4.90 Å². The Morgan fingerprint density at radius 3 is 2.61 bits per heavy atom. The van der Waals surface area contributed by atoms with Crippen LogP contribution < -0.4 is 5.32 Å². The number of halogens is 1. The van der Waals surface area contributed by atoms with Crippen LogP contribution in [0.15, 0.2) is 65.9 Å². The number of hydrogen-bond acceptors (Lipinski definition) is 7. The van der Waals surface area contributed by atoms with E-state index in [1.807, 2.05) is 19.1 Å². The van der Waals surface area contributed by atoms with Gasteiger partial charge < -0.3 is 24.6 Å². The van der Waals surface area contributed by atoms with Gasteiger partial charge in [0.1, 0.15) is 5.60 Å². The number of hydrogen-bond donors (Lipinski definition) is 2. The Bertz CT molecular complexity index is 1250. The first-order chi connectivity index (χ1) is 18.3. The van der Waals surface area contributed by atoms with Gasteiger partial charge in [0, 0.05) is 35.8 Å². The first-order valence-electron chi connectivity index (χ1n) is 13.4. The van der Waals surface area contributed by atoms with Crippen molar-refractivity contribution in [1.29, 1.82) is 0 Å². The van der Waals surface area contributed by atoms with E-state index in [1.165, 1.54) is 18.2 Å². The number of rotatable bonds is 7. The minimum Gasteiger partial charge on any atom is -0.466 e. The van der Waals surface area contributed by atoms with Crippen LogP contribution in [0.5, 0.6) is 0 Å². The van der Waals surface area contributed by atoms with Crippen LogP contribution >= 0.6 is 15.9 Å². The number of aliphatic hydroxyl groups is 1. The predicted molar refractivity (Wildman–Crippen MR) is 148 cm³/mol. The van der Waals surface area contributed by atoms with Crippen molar-refractivity contribution in [2.45, 2.75) is 55.6 Å². The second kappa shape index (κ2) is 9.75. The fraction of sp³-hybridized carbons (Fsp3) is 0.500. The summed E-state index contributed by atoms with van der Waals surface area (Å²) in [6, 6.07) is 19.0. The summed E-state index contributed by atoms with van der Waals surface area (Å²) in [5.41, 5.74) is 3.44. The Morgan fingerprint density at radius 1 is 1.18 bits per heavy atom. The van der Waals surface area contributed by atoms with Crippen LogP contribution in [0.3, 0.4) is 0 Å². The minimum absolute atomic E-state index is 0.0536. The lowest BCUT2D eigenvalue weighted by molar-refractivity contribution is -0.256. The summed E-state index contributed by atoms with van der Waals surface area (Å²) in [4.78, 5) is 15.8. The molecule has 38 heavy (non-hydrogen) atoms. The van der Waals surface area contributed by atoms with Gasteiger partial charge in [-0.15, -0.1) is 0 Å². The van der Waals surface area contributed by atoms with Gasteiger partial charge >= 0.3 is 5.97 Å². The maximum atomic E-state index is 13.3. The number of benzene rings is 2. The second-order valence-electron chi connectivity index (χ2n) is 11.1. The van der Waals surface area contributed by atoms with Gasteiger partial charge in [0.25, 0.3) is 0 Å². The largest absolute Gasteiger partial charge is 0.466 e. The van der Waals surface area contributed by atoms with Crippen LogP contribution in [-0.4, -0.2) is 65.6 Å². The first kappa shape index (κ1) is 26.0. The zero-order valence-corrected chi connectivity index (χ0v) is 23.5. The standard InChI is InChI=1S/C30H35BrN2O5/c1-28(37-14-15-38-28)29(35,19-31)17-21-16-22(27(34)36-2)25-30(23-10-6-7-11-24(23)32-25)12-13-33(26(21)30)18-20-8-4-3-5-9-20/h3-11,21,26,32,35H,12-19H2,1-2H3/t21-,26-,29+,30+/m0/s1. The molecule has 7 nitrogen and oxygen atoms in total.